The summed E-state index contributed by atoms with van der Waals surface area (Å²) in [6.45, 7) is 0. The Kier molecular flexibility index (Phi) is 2.31. The fraction of sp³-hybridized carbons (Fsp3) is 0.0909. The van der Waals surface area contributed by atoms with Crippen LogP contribution in [0.4, 0.5) is 8.78 Å². The SMILES string of the molecule is Fc1ccc(Cc2cc[nH]c2)cc1F. The van der Waals surface area contributed by atoms with Gasteiger partial charge in [-0.05, 0) is 35.7 Å². The van der Waals surface area contributed by atoms with E-state index in [1.54, 1.807) is 12.3 Å². The number of halogens is 2. The molecule has 1 heterocycles. The first-order valence-corrected chi connectivity index (χ1v) is 4.31. The number of aromatic amines is 1. The molecule has 1 N–H and O–H groups in total. The van der Waals surface area contributed by atoms with Crippen molar-refractivity contribution in [2.24, 2.45) is 0 Å². The number of nitrogens with one attached hydrogen (secondary N) is 1. The fourth-order valence-corrected chi connectivity index (χ4v) is 1.35. The number of aromatic nitrogens is 1. The summed E-state index contributed by atoms with van der Waals surface area (Å²) in [7, 11) is 0. The number of hydrogen-bond acceptors (Lipinski definition) is 0. The second-order valence-electron chi connectivity index (χ2n) is 3.14. The van der Waals surface area contributed by atoms with Crippen molar-refractivity contribution >= 4 is 0 Å². The van der Waals surface area contributed by atoms with Crippen molar-refractivity contribution in [1.82, 2.24) is 4.98 Å². The summed E-state index contributed by atoms with van der Waals surface area (Å²) in [4.78, 5) is 2.91. The third-order valence-corrected chi connectivity index (χ3v) is 2.05. The van der Waals surface area contributed by atoms with E-state index in [4.69, 9.17) is 0 Å². The first-order chi connectivity index (χ1) is 6.75. The van der Waals surface area contributed by atoms with Crippen LogP contribution in [-0.4, -0.2) is 4.98 Å². The molecule has 0 atom stereocenters. The molecule has 0 aliphatic carbocycles. The van der Waals surface area contributed by atoms with E-state index in [9.17, 15) is 8.78 Å². The Morgan fingerprint density at radius 1 is 1.00 bits per heavy atom. The minimum Gasteiger partial charge on any atom is -0.367 e. The molecule has 14 heavy (non-hydrogen) atoms. The number of H-pyrrole nitrogens is 1. The van der Waals surface area contributed by atoms with Crippen LogP contribution in [0.3, 0.4) is 0 Å². The molecule has 1 nitrogen and oxygen atoms in total. The molecular formula is C11H9F2N. The van der Waals surface area contributed by atoms with Crippen LogP contribution in [-0.2, 0) is 6.42 Å². The zero-order chi connectivity index (χ0) is 9.97. The zero-order valence-electron chi connectivity index (χ0n) is 7.43. The van der Waals surface area contributed by atoms with Gasteiger partial charge in [0, 0.05) is 12.4 Å². The topological polar surface area (TPSA) is 15.8 Å². The van der Waals surface area contributed by atoms with Gasteiger partial charge >= 0.3 is 0 Å². The second-order valence-corrected chi connectivity index (χ2v) is 3.14. The number of hydrogen-bond donors (Lipinski definition) is 1. The van der Waals surface area contributed by atoms with Gasteiger partial charge in [0.15, 0.2) is 11.6 Å². The molecule has 2 rings (SSSR count). The van der Waals surface area contributed by atoms with Crippen LogP contribution >= 0.6 is 0 Å². The van der Waals surface area contributed by atoms with E-state index in [1.807, 2.05) is 12.3 Å². The Hall–Kier alpha value is -1.64. The van der Waals surface area contributed by atoms with Crippen LogP contribution in [0, 0.1) is 11.6 Å². The van der Waals surface area contributed by atoms with E-state index in [0.717, 1.165) is 17.2 Å². The molecule has 0 saturated carbocycles. The van der Waals surface area contributed by atoms with Gasteiger partial charge in [-0.2, -0.15) is 0 Å². The molecule has 0 aliphatic heterocycles. The average Bonchev–Trinajstić information content (AvgIpc) is 2.64. The van der Waals surface area contributed by atoms with E-state index in [1.165, 1.54) is 6.07 Å². The van der Waals surface area contributed by atoms with Gasteiger partial charge in [0.2, 0.25) is 0 Å². The lowest BCUT2D eigenvalue weighted by molar-refractivity contribution is 0.507. The van der Waals surface area contributed by atoms with Gasteiger partial charge in [0.25, 0.3) is 0 Å². The molecule has 0 radical (unpaired) electrons. The normalized spacial score (nSPS) is 10.4. The molecule has 0 bridgehead atoms. The summed E-state index contributed by atoms with van der Waals surface area (Å²) in [5.74, 6) is -1.60. The summed E-state index contributed by atoms with van der Waals surface area (Å²) in [6, 6.07) is 5.87. The van der Waals surface area contributed by atoms with Gasteiger partial charge in [-0.1, -0.05) is 6.07 Å². The lowest BCUT2D eigenvalue weighted by Crippen LogP contribution is -1.90. The predicted molar refractivity (Wildman–Crippen MR) is 50.0 cm³/mol. The number of rotatable bonds is 2. The lowest BCUT2D eigenvalue weighted by Gasteiger charge is -1.99. The van der Waals surface area contributed by atoms with Crippen LogP contribution in [0.25, 0.3) is 0 Å². The second kappa shape index (κ2) is 3.62. The Labute approximate surface area is 80.4 Å². The summed E-state index contributed by atoms with van der Waals surface area (Å²) in [5, 5.41) is 0. The molecule has 0 amide bonds. The standard InChI is InChI=1S/C11H9F2N/c12-10-2-1-8(6-11(10)13)5-9-3-4-14-7-9/h1-4,6-7,14H,5H2. The van der Waals surface area contributed by atoms with Crippen molar-refractivity contribution in [1.29, 1.82) is 0 Å². The average molecular weight is 193 g/mol. The smallest absolute Gasteiger partial charge is 0.159 e. The first kappa shape index (κ1) is 8.94. The highest BCUT2D eigenvalue weighted by molar-refractivity contribution is 5.25. The van der Waals surface area contributed by atoms with Crippen LogP contribution in [0.15, 0.2) is 36.7 Å². The maximum absolute atomic E-state index is 12.8. The maximum Gasteiger partial charge on any atom is 0.159 e. The minimum absolute atomic E-state index is 0.612. The molecular weight excluding hydrogens is 184 g/mol. The molecule has 0 fully saturated rings. The molecule has 0 unspecified atom stereocenters. The van der Waals surface area contributed by atoms with E-state index in [0.29, 0.717) is 6.42 Å². The van der Waals surface area contributed by atoms with E-state index < -0.39 is 11.6 Å². The highest BCUT2D eigenvalue weighted by Gasteiger charge is 2.03. The van der Waals surface area contributed by atoms with Gasteiger partial charge in [-0.15, -0.1) is 0 Å². The Bertz CT molecular complexity index is 421. The predicted octanol–water partition coefficient (Wildman–Crippen LogP) is 2.88. The van der Waals surface area contributed by atoms with Crippen LogP contribution in [0.1, 0.15) is 11.1 Å². The molecule has 0 saturated heterocycles. The quantitative estimate of drug-likeness (QED) is 0.754. The van der Waals surface area contributed by atoms with E-state index >= 15 is 0 Å². The maximum atomic E-state index is 12.8. The highest BCUT2D eigenvalue weighted by Crippen LogP contribution is 2.12. The van der Waals surface area contributed by atoms with Crippen molar-refractivity contribution in [3.63, 3.8) is 0 Å². The Morgan fingerprint density at radius 3 is 2.50 bits per heavy atom. The molecule has 1 aromatic heterocycles. The van der Waals surface area contributed by atoms with Crippen molar-refractivity contribution in [3.05, 3.63) is 59.4 Å². The van der Waals surface area contributed by atoms with E-state index in [-0.39, 0.29) is 0 Å². The zero-order valence-corrected chi connectivity index (χ0v) is 7.43. The van der Waals surface area contributed by atoms with E-state index in [2.05, 4.69) is 4.98 Å². The minimum atomic E-state index is -0.803. The molecule has 0 spiro atoms. The third kappa shape index (κ3) is 1.82. The van der Waals surface area contributed by atoms with Crippen LogP contribution in [0.5, 0.6) is 0 Å². The molecule has 3 heteroatoms. The van der Waals surface area contributed by atoms with Crippen LogP contribution < -0.4 is 0 Å². The Morgan fingerprint density at radius 2 is 1.86 bits per heavy atom. The van der Waals surface area contributed by atoms with Crippen molar-refractivity contribution in [2.45, 2.75) is 6.42 Å². The first-order valence-electron chi connectivity index (χ1n) is 4.31. The van der Waals surface area contributed by atoms with Crippen LogP contribution in [0.2, 0.25) is 0 Å². The van der Waals surface area contributed by atoms with Gasteiger partial charge in [-0.3, -0.25) is 0 Å². The van der Waals surface area contributed by atoms with Gasteiger partial charge in [0.05, 0.1) is 0 Å². The summed E-state index contributed by atoms with van der Waals surface area (Å²) in [6.07, 6.45) is 4.25. The van der Waals surface area contributed by atoms with Gasteiger partial charge < -0.3 is 4.98 Å². The third-order valence-electron chi connectivity index (χ3n) is 2.05. The van der Waals surface area contributed by atoms with Crippen molar-refractivity contribution in [3.8, 4) is 0 Å². The fourth-order valence-electron chi connectivity index (χ4n) is 1.35. The highest BCUT2D eigenvalue weighted by atomic mass is 19.2. The van der Waals surface area contributed by atoms with Gasteiger partial charge in [0.1, 0.15) is 0 Å². The van der Waals surface area contributed by atoms with Gasteiger partial charge in [-0.25, -0.2) is 8.78 Å². The Balaban J connectivity index is 2.22. The molecule has 1 aromatic carbocycles. The molecule has 2 aromatic rings. The van der Waals surface area contributed by atoms with Crippen molar-refractivity contribution < 1.29 is 8.78 Å². The summed E-state index contributed by atoms with van der Waals surface area (Å²) >= 11 is 0. The number of benzene rings is 1. The summed E-state index contributed by atoms with van der Waals surface area (Å²) < 4.78 is 25.4. The van der Waals surface area contributed by atoms with Crippen molar-refractivity contribution in [2.75, 3.05) is 0 Å². The molecule has 72 valence electrons. The summed E-state index contributed by atoms with van der Waals surface area (Å²) in [5.41, 5.74) is 1.82. The monoisotopic (exact) mass is 193 g/mol. The largest absolute Gasteiger partial charge is 0.367 e. The lowest BCUT2D eigenvalue weighted by atomic mass is 10.1. The molecule has 0 aliphatic rings.